The summed E-state index contributed by atoms with van der Waals surface area (Å²) in [5, 5.41) is 5.32. The van der Waals surface area contributed by atoms with Gasteiger partial charge >= 0.3 is 6.18 Å². The normalized spacial score (nSPS) is 19.4. The van der Waals surface area contributed by atoms with Crippen LogP contribution in [0, 0.1) is 0 Å². The fourth-order valence-corrected chi connectivity index (χ4v) is 4.64. The van der Waals surface area contributed by atoms with Gasteiger partial charge in [-0.2, -0.15) is 18.2 Å². The van der Waals surface area contributed by atoms with Crippen molar-refractivity contribution in [1.82, 2.24) is 9.97 Å². The van der Waals surface area contributed by atoms with Crippen molar-refractivity contribution < 1.29 is 26.3 Å². The molecule has 2 aromatic rings. The molecule has 1 aliphatic carbocycles. The first-order valence-corrected chi connectivity index (χ1v) is 12.2. The number of sulfone groups is 1. The molecule has 0 saturated heterocycles. The molecule has 12 heteroatoms. The summed E-state index contributed by atoms with van der Waals surface area (Å²) >= 11 is 0. The smallest absolute Gasteiger partial charge is 0.422 e. The van der Waals surface area contributed by atoms with E-state index in [1.807, 2.05) is 0 Å². The number of benzene rings is 1. The number of ether oxygens (including phenoxy) is 1. The molecule has 0 bridgehead atoms. The van der Waals surface area contributed by atoms with E-state index < -0.39 is 27.9 Å². The SMILES string of the molecule is CC(C)S(=O)(=O)c1ccccc1Nc1nc(NC2CCC(N)CC2)ncc1OCC(F)(F)F. The monoisotopic (exact) mass is 487 g/mol. The van der Waals surface area contributed by atoms with Crippen molar-refractivity contribution in [3.63, 3.8) is 0 Å². The molecule has 0 atom stereocenters. The molecule has 0 radical (unpaired) electrons. The van der Waals surface area contributed by atoms with Gasteiger partial charge in [0.15, 0.2) is 28.0 Å². The van der Waals surface area contributed by atoms with Crippen molar-refractivity contribution in [2.24, 2.45) is 5.73 Å². The highest BCUT2D eigenvalue weighted by Crippen LogP contribution is 2.32. The predicted molar refractivity (Wildman–Crippen MR) is 119 cm³/mol. The number of aromatic nitrogens is 2. The number of hydrogen-bond acceptors (Lipinski definition) is 8. The van der Waals surface area contributed by atoms with E-state index in [1.54, 1.807) is 26.0 Å². The second kappa shape index (κ2) is 10.1. The van der Waals surface area contributed by atoms with Gasteiger partial charge in [-0.05, 0) is 51.7 Å². The van der Waals surface area contributed by atoms with Gasteiger partial charge in [0.25, 0.3) is 0 Å². The van der Waals surface area contributed by atoms with Crippen LogP contribution in [0.4, 0.5) is 30.6 Å². The first-order chi connectivity index (χ1) is 15.5. The number of nitrogens with zero attached hydrogens (tertiary/aromatic N) is 2. The number of hydrogen-bond donors (Lipinski definition) is 3. The Morgan fingerprint density at radius 1 is 1.18 bits per heavy atom. The topological polar surface area (TPSA) is 119 Å². The summed E-state index contributed by atoms with van der Waals surface area (Å²) in [6.07, 6.45) is -0.110. The maximum absolute atomic E-state index is 12.8. The number of nitrogens with two attached hydrogens (primary N) is 1. The quantitative estimate of drug-likeness (QED) is 0.511. The highest BCUT2D eigenvalue weighted by atomic mass is 32.2. The third kappa shape index (κ3) is 6.70. The number of alkyl halides is 3. The van der Waals surface area contributed by atoms with Crippen molar-refractivity contribution in [2.75, 3.05) is 17.2 Å². The van der Waals surface area contributed by atoms with Crippen molar-refractivity contribution in [2.45, 2.75) is 67.9 Å². The largest absolute Gasteiger partial charge is 0.479 e. The maximum Gasteiger partial charge on any atom is 0.422 e. The van der Waals surface area contributed by atoms with Gasteiger partial charge in [-0.3, -0.25) is 0 Å². The molecule has 1 saturated carbocycles. The van der Waals surface area contributed by atoms with E-state index >= 15 is 0 Å². The van der Waals surface area contributed by atoms with Crippen LogP contribution < -0.4 is 21.1 Å². The molecule has 1 heterocycles. The van der Waals surface area contributed by atoms with Gasteiger partial charge in [0.1, 0.15) is 0 Å². The zero-order valence-electron chi connectivity index (χ0n) is 18.4. The van der Waals surface area contributed by atoms with Crippen LogP contribution in [0.15, 0.2) is 35.4 Å². The van der Waals surface area contributed by atoms with Crippen LogP contribution in [0.5, 0.6) is 5.75 Å². The minimum absolute atomic E-state index is 0.0103. The summed E-state index contributed by atoms with van der Waals surface area (Å²) in [6.45, 7) is 1.56. The number of nitrogens with one attached hydrogen (secondary N) is 2. The molecule has 33 heavy (non-hydrogen) atoms. The van der Waals surface area contributed by atoms with Crippen LogP contribution in [0.2, 0.25) is 0 Å². The van der Waals surface area contributed by atoms with Gasteiger partial charge in [-0.25, -0.2) is 13.4 Å². The average Bonchev–Trinajstić information content (AvgIpc) is 2.74. The minimum atomic E-state index is -4.56. The summed E-state index contributed by atoms with van der Waals surface area (Å²) in [7, 11) is -3.67. The highest BCUT2D eigenvalue weighted by Gasteiger charge is 2.30. The molecule has 1 aromatic carbocycles. The van der Waals surface area contributed by atoms with Crippen molar-refractivity contribution in [3.05, 3.63) is 30.5 Å². The lowest BCUT2D eigenvalue weighted by Crippen LogP contribution is -2.33. The van der Waals surface area contributed by atoms with Gasteiger partial charge in [-0.15, -0.1) is 0 Å². The predicted octanol–water partition coefficient (Wildman–Crippen LogP) is 4.03. The number of anilines is 3. The second-order valence-corrected chi connectivity index (χ2v) is 10.8. The van der Waals surface area contributed by atoms with Crippen molar-refractivity contribution >= 4 is 27.3 Å². The lowest BCUT2D eigenvalue weighted by Gasteiger charge is -2.27. The summed E-state index contributed by atoms with van der Waals surface area (Å²) in [5.41, 5.74) is 6.11. The standard InChI is InChI=1S/C21H28F3N5O3S/c1-13(2)33(30,31)18-6-4-3-5-16(18)28-19-17(32-12-21(22,23)24)11-26-20(29-19)27-15-9-7-14(25)8-10-15/h3-6,11,13-15H,7-10,12,25H2,1-2H3,(H2,26,27,28,29). The molecule has 1 fully saturated rings. The van der Waals surface area contributed by atoms with Crippen LogP contribution in [-0.4, -0.2) is 48.5 Å². The van der Waals surface area contributed by atoms with Crippen LogP contribution in [0.3, 0.4) is 0 Å². The molecule has 0 spiro atoms. The first kappa shape index (κ1) is 25.0. The van der Waals surface area contributed by atoms with Gasteiger partial charge < -0.3 is 21.1 Å². The second-order valence-electron chi connectivity index (χ2n) is 8.28. The zero-order valence-corrected chi connectivity index (χ0v) is 19.2. The van der Waals surface area contributed by atoms with E-state index in [9.17, 15) is 21.6 Å². The molecule has 3 rings (SSSR count). The van der Waals surface area contributed by atoms with Gasteiger partial charge in [0.05, 0.1) is 22.0 Å². The van der Waals surface area contributed by atoms with Crippen molar-refractivity contribution in [1.29, 1.82) is 0 Å². The highest BCUT2D eigenvalue weighted by molar-refractivity contribution is 7.92. The van der Waals surface area contributed by atoms with Crippen LogP contribution in [-0.2, 0) is 9.84 Å². The Labute approximate surface area is 191 Å². The summed E-state index contributed by atoms with van der Waals surface area (Å²) in [6, 6.07) is 6.36. The van der Waals surface area contributed by atoms with Crippen molar-refractivity contribution in [3.8, 4) is 5.75 Å². The molecule has 8 nitrogen and oxygen atoms in total. The zero-order chi connectivity index (χ0) is 24.2. The third-order valence-electron chi connectivity index (χ3n) is 5.32. The summed E-state index contributed by atoms with van der Waals surface area (Å²) in [4.78, 5) is 8.40. The van der Waals surface area contributed by atoms with E-state index in [-0.39, 0.29) is 40.2 Å². The Hall–Kier alpha value is -2.60. The summed E-state index contributed by atoms with van der Waals surface area (Å²) in [5.74, 6) is -0.127. The Bertz CT molecular complexity index is 1060. The average molecular weight is 488 g/mol. The first-order valence-electron chi connectivity index (χ1n) is 10.6. The van der Waals surface area contributed by atoms with E-state index in [4.69, 9.17) is 10.5 Å². The molecule has 0 aliphatic heterocycles. The third-order valence-corrected chi connectivity index (χ3v) is 7.53. The number of halogens is 3. The Kier molecular flexibility index (Phi) is 7.68. The molecular formula is C21H28F3N5O3S. The minimum Gasteiger partial charge on any atom is -0.479 e. The summed E-state index contributed by atoms with van der Waals surface area (Å²) < 4.78 is 68.7. The maximum atomic E-state index is 12.8. The fraction of sp³-hybridized carbons (Fsp3) is 0.524. The molecule has 4 N–H and O–H groups in total. The Balaban J connectivity index is 1.92. The molecule has 1 aromatic heterocycles. The fourth-order valence-electron chi connectivity index (χ4n) is 3.44. The van der Waals surface area contributed by atoms with Crippen LogP contribution in [0.1, 0.15) is 39.5 Å². The van der Waals surface area contributed by atoms with E-state index in [1.165, 1.54) is 12.1 Å². The van der Waals surface area contributed by atoms with E-state index in [0.717, 1.165) is 31.9 Å². The Morgan fingerprint density at radius 2 is 1.85 bits per heavy atom. The molecule has 182 valence electrons. The van der Waals surface area contributed by atoms with E-state index in [0.29, 0.717) is 0 Å². The van der Waals surface area contributed by atoms with Gasteiger partial charge in [0, 0.05) is 12.1 Å². The molecular weight excluding hydrogens is 459 g/mol. The molecule has 0 amide bonds. The van der Waals surface area contributed by atoms with Gasteiger partial charge in [-0.1, -0.05) is 12.1 Å². The van der Waals surface area contributed by atoms with Crippen LogP contribution >= 0.6 is 0 Å². The lowest BCUT2D eigenvalue weighted by molar-refractivity contribution is -0.153. The number of para-hydroxylation sites is 1. The molecule has 0 unspecified atom stereocenters. The van der Waals surface area contributed by atoms with Crippen LogP contribution in [0.25, 0.3) is 0 Å². The number of rotatable bonds is 8. The lowest BCUT2D eigenvalue weighted by atomic mass is 9.92. The molecule has 1 aliphatic rings. The Morgan fingerprint density at radius 3 is 2.48 bits per heavy atom. The van der Waals surface area contributed by atoms with Gasteiger partial charge in [0.2, 0.25) is 5.95 Å². The van der Waals surface area contributed by atoms with E-state index in [2.05, 4.69) is 20.6 Å².